The second-order valence-electron chi connectivity index (χ2n) is 6.20. The smallest absolute Gasteiger partial charge is 0.0923 e. The lowest BCUT2D eigenvalue weighted by Crippen LogP contribution is -2.50. The van der Waals surface area contributed by atoms with Crippen molar-refractivity contribution in [2.24, 2.45) is 17.6 Å². The van der Waals surface area contributed by atoms with Crippen molar-refractivity contribution in [3.63, 3.8) is 0 Å². The summed E-state index contributed by atoms with van der Waals surface area (Å²) in [7, 11) is 4.29. The quantitative estimate of drug-likeness (QED) is 0.686. The van der Waals surface area contributed by atoms with Gasteiger partial charge in [-0.25, -0.2) is 0 Å². The molecule has 1 saturated carbocycles. The van der Waals surface area contributed by atoms with Crippen LogP contribution in [0.2, 0.25) is 0 Å². The summed E-state index contributed by atoms with van der Waals surface area (Å²) in [5, 5.41) is 10.5. The molecular formula is C13H27N3O. The molecule has 0 bridgehead atoms. The molecule has 2 atom stereocenters. The molecule has 4 heteroatoms. The van der Waals surface area contributed by atoms with Gasteiger partial charge < -0.3 is 20.6 Å². The summed E-state index contributed by atoms with van der Waals surface area (Å²) >= 11 is 0. The highest BCUT2D eigenvalue weighted by Crippen LogP contribution is 2.39. The van der Waals surface area contributed by atoms with Crippen molar-refractivity contribution >= 4 is 0 Å². The molecule has 4 nitrogen and oxygen atoms in total. The minimum Gasteiger partial charge on any atom is -0.387 e. The van der Waals surface area contributed by atoms with Crippen LogP contribution in [0.15, 0.2) is 0 Å². The molecule has 0 radical (unpaired) electrons. The molecule has 0 aromatic carbocycles. The van der Waals surface area contributed by atoms with Gasteiger partial charge in [-0.05, 0) is 51.7 Å². The minimum atomic E-state index is -0.640. The van der Waals surface area contributed by atoms with E-state index in [1.54, 1.807) is 0 Å². The van der Waals surface area contributed by atoms with Crippen LogP contribution in [0.1, 0.15) is 19.3 Å². The molecule has 100 valence electrons. The number of nitrogens with zero attached hydrogens (tertiary/aromatic N) is 2. The van der Waals surface area contributed by atoms with Crippen LogP contribution < -0.4 is 5.73 Å². The Hall–Kier alpha value is -0.160. The number of nitrogens with two attached hydrogens (primary N) is 1. The summed E-state index contributed by atoms with van der Waals surface area (Å²) < 4.78 is 0. The number of rotatable bonds is 6. The van der Waals surface area contributed by atoms with Gasteiger partial charge in [0.05, 0.1) is 5.60 Å². The molecule has 1 aliphatic carbocycles. The Labute approximate surface area is 105 Å². The van der Waals surface area contributed by atoms with Crippen LogP contribution in [0.25, 0.3) is 0 Å². The molecule has 0 aromatic rings. The lowest BCUT2D eigenvalue weighted by atomic mass is 9.96. The van der Waals surface area contributed by atoms with Crippen LogP contribution in [-0.2, 0) is 0 Å². The standard InChI is InChI=1S/C13H27N3O/c1-15-6-5-11(7-15)8-16(2)10-13(17,9-14)12-3-4-12/h11-12,17H,3-10,14H2,1-2H3. The maximum atomic E-state index is 10.5. The lowest BCUT2D eigenvalue weighted by Gasteiger charge is -2.32. The Balaban J connectivity index is 1.77. The molecule has 0 spiro atoms. The molecule has 3 N–H and O–H groups in total. The predicted molar refractivity (Wildman–Crippen MR) is 69.8 cm³/mol. The molecule has 2 unspecified atom stereocenters. The van der Waals surface area contributed by atoms with Gasteiger partial charge in [-0.1, -0.05) is 0 Å². The van der Waals surface area contributed by atoms with Crippen molar-refractivity contribution in [1.29, 1.82) is 0 Å². The lowest BCUT2D eigenvalue weighted by molar-refractivity contribution is -0.00474. The van der Waals surface area contributed by atoms with Gasteiger partial charge in [0.1, 0.15) is 0 Å². The van der Waals surface area contributed by atoms with Crippen LogP contribution in [0.4, 0.5) is 0 Å². The van der Waals surface area contributed by atoms with Crippen molar-refractivity contribution in [2.45, 2.75) is 24.9 Å². The summed E-state index contributed by atoms with van der Waals surface area (Å²) in [6.07, 6.45) is 3.58. The van der Waals surface area contributed by atoms with Crippen molar-refractivity contribution in [2.75, 3.05) is 46.8 Å². The second kappa shape index (κ2) is 5.22. The first-order valence-electron chi connectivity index (χ1n) is 6.83. The molecule has 0 aromatic heterocycles. The van der Waals surface area contributed by atoms with E-state index in [0.29, 0.717) is 12.5 Å². The highest BCUT2D eigenvalue weighted by atomic mass is 16.3. The summed E-state index contributed by atoms with van der Waals surface area (Å²) in [5.41, 5.74) is 5.10. The van der Waals surface area contributed by atoms with E-state index in [9.17, 15) is 5.11 Å². The maximum Gasteiger partial charge on any atom is 0.0923 e. The van der Waals surface area contributed by atoms with Gasteiger partial charge in [0.25, 0.3) is 0 Å². The highest BCUT2D eigenvalue weighted by Gasteiger charge is 2.43. The summed E-state index contributed by atoms with van der Waals surface area (Å²) in [4.78, 5) is 4.66. The Morgan fingerprint density at radius 2 is 2.12 bits per heavy atom. The Morgan fingerprint density at radius 3 is 2.59 bits per heavy atom. The Morgan fingerprint density at radius 1 is 1.41 bits per heavy atom. The highest BCUT2D eigenvalue weighted by molar-refractivity contribution is 4.97. The second-order valence-corrected chi connectivity index (χ2v) is 6.20. The predicted octanol–water partition coefficient (Wildman–Crippen LogP) is -0.0303. The number of hydrogen-bond acceptors (Lipinski definition) is 4. The fourth-order valence-corrected chi connectivity index (χ4v) is 3.13. The molecule has 2 fully saturated rings. The number of likely N-dealkylation sites (N-methyl/N-ethyl adjacent to an activating group) is 1. The van der Waals surface area contributed by atoms with E-state index in [0.717, 1.165) is 31.8 Å². The van der Waals surface area contributed by atoms with Gasteiger partial charge in [0.15, 0.2) is 0 Å². The third kappa shape index (κ3) is 3.41. The fourth-order valence-electron chi connectivity index (χ4n) is 3.13. The van der Waals surface area contributed by atoms with Gasteiger partial charge in [-0.2, -0.15) is 0 Å². The van der Waals surface area contributed by atoms with Gasteiger partial charge in [0.2, 0.25) is 0 Å². The average molecular weight is 241 g/mol. The van der Waals surface area contributed by atoms with Gasteiger partial charge in [0, 0.05) is 26.2 Å². The average Bonchev–Trinajstić information content (AvgIpc) is 3.04. The zero-order valence-electron chi connectivity index (χ0n) is 11.2. The molecule has 17 heavy (non-hydrogen) atoms. The first kappa shape index (κ1) is 13.3. The Kier molecular flexibility index (Phi) is 4.08. The summed E-state index contributed by atoms with van der Waals surface area (Å²) in [6.45, 7) is 4.61. The summed E-state index contributed by atoms with van der Waals surface area (Å²) in [6, 6.07) is 0. The van der Waals surface area contributed by atoms with E-state index in [2.05, 4.69) is 23.9 Å². The molecule has 1 saturated heterocycles. The number of aliphatic hydroxyl groups is 1. The molecule has 2 rings (SSSR count). The van der Waals surface area contributed by atoms with E-state index in [1.165, 1.54) is 19.5 Å². The van der Waals surface area contributed by atoms with Crippen LogP contribution in [0, 0.1) is 11.8 Å². The molecular weight excluding hydrogens is 214 g/mol. The molecule has 0 amide bonds. The maximum absolute atomic E-state index is 10.5. The van der Waals surface area contributed by atoms with Crippen molar-refractivity contribution < 1.29 is 5.11 Å². The van der Waals surface area contributed by atoms with E-state index in [1.807, 2.05) is 0 Å². The monoisotopic (exact) mass is 241 g/mol. The third-order valence-corrected chi connectivity index (χ3v) is 4.29. The number of likely N-dealkylation sites (tertiary alicyclic amines) is 1. The molecule has 2 aliphatic rings. The van der Waals surface area contributed by atoms with Crippen molar-refractivity contribution in [3.8, 4) is 0 Å². The zero-order chi connectivity index (χ0) is 12.5. The summed E-state index contributed by atoms with van der Waals surface area (Å²) in [5.74, 6) is 1.20. The van der Waals surface area contributed by atoms with E-state index in [4.69, 9.17) is 5.73 Å². The van der Waals surface area contributed by atoms with Crippen LogP contribution in [0.3, 0.4) is 0 Å². The van der Waals surface area contributed by atoms with Crippen LogP contribution >= 0.6 is 0 Å². The normalized spacial score (nSPS) is 29.8. The van der Waals surface area contributed by atoms with Crippen molar-refractivity contribution in [1.82, 2.24) is 9.80 Å². The van der Waals surface area contributed by atoms with Crippen LogP contribution in [0.5, 0.6) is 0 Å². The van der Waals surface area contributed by atoms with E-state index in [-0.39, 0.29) is 0 Å². The first-order valence-corrected chi connectivity index (χ1v) is 6.83. The first-order chi connectivity index (χ1) is 8.03. The number of hydrogen-bond donors (Lipinski definition) is 2. The third-order valence-electron chi connectivity index (χ3n) is 4.29. The van der Waals surface area contributed by atoms with Gasteiger partial charge in [-0.15, -0.1) is 0 Å². The van der Waals surface area contributed by atoms with E-state index < -0.39 is 5.60 Å². The minimum absolute atomic E-state index is 0.395. The fraction of sp³-hybridized carbons (Fsp3) is 1.00. The van der Waals surface area contributed by atoms with Gasteiger partial charge >= 0.3 is 0 Å². The largest absolute Gasteiger partial charge is 0.387 e. The molecule has 1 aliphatic heterocycles. The van der Waals surface area contributed by atoms with Gasteiger partial charge in [-0.3, -0.25) is 0 Å². The molecule has 1 heterocycles. The Bertz CT molecular complexity index is 257. The van der Waals surface area contributed by atoms with E-state index >= 15 is 0 Å². The van der Waals surface area contributed by atoms with Crippen LogP contribution in [-0.4, -0.2) is 67.3 Å². The SMILES string of the molecule is CN1CCC(CN(C)CC(O)(CN)C2CC2)C1. The topological polar surface area (TPSA) is 52.7 Å². The van der Waals surface area contributed by atoms with Crippen molar-refractivity contribution in [3.05, 3.63) is 0 Å². The zero-order valence-corrected chi connectivity index (χ0v) is 11.2.